The molecular formula is C27H24N8OS. The van der Waals surface area contributed by atoms with Crippen molar-refractivity contribution in [2.45, 2.75) is 27.2 Å². The largest absolute Gasteiger partial charge is 0.336 e. The van der Waals surface area contributed by atoms with Crippen molar-refractivity contribution >= 4 is 45.0 Å². The second kappa shape index (κ2) is 8.90. The second-order valence-electron chi connectivity index (χ2n) is 10.0. The zero-order valence-corrected chi connectivity index (χ0v) is 21.3. The fraction of sp³-hybridized carbons (Fsp3) is 0.185. The fourth-order valence-corrected chi connectivity index (χ4v) is 4.92. The minimum absolute atomic E-state index is 0.0479. The van der Waals surface area contributed by atoms with E-state index in [-0.39, 0.29) is 11.3 Å². The van der Waals surface area contributed by atoms with E-state index in [1.165, 1.54) is 0 Å². The van der Waals surface area contributed by atoms with Crippen LogP contribution in [0.15, 0.2) is 60.4 Å². The molecule has 37 heavy (non-hydrogen) atoms. The number of imidazole rings is 1. The first-order valence-corrected chi connectivity index (χ1v) is 12.7. The van der Waals surface area contributed by atoms with E-state index in [4.69, 9.17) is 9.97 Å². The fourth-order valence-electron chi connectivity index (χ4n) is 4.20. The number of carbonyl (C=O) groups excluding carboxylic acids is 1. The van der Waals surface area contributed by atoms with Crippen molar-refractivity contribution in [1.29, 1.82) is 0 Å². The van der Waals surface area contributed by atoms with Crippen LogP contribution in [0.25, 0.3) is 55.4 Å². The van der Waals surface area contributed by atoms with Crippen LogP contribution in [0.3, 0.4) is 0 Å². The minimum Gasteiger partial charge on any atom is -0.336 e. The summed E-state index contributed by atoms with van der Waals surface area (Å²) in [5.74, 6) is 0.561. The number of amides is 1. The quantitative estimate of drug-likeness (QED) is 0.260. The Labute approximate surface area is 216 Å². The molecule has 6 aromatic rings. The SMILES string of the molecule is CC(C)(C)CC(=O)Nc1cncc(-c2ccc3[nH]nc(-c4nc5c(-c6cccs6)nccc5[nH]4)c3n2)c1. The summed E-state index contributed by atoms with van der Waals surface area (Å²) in [5.41, 5.74) is 6.63. The first kappa shape index (κ1) is 23.0. The Morgan fingerprint density at radius 1 is 1.03 bits per heavy atom. The summed E-state index contributed by atoms with van der Waals surface area (Å²) in [6, 6.07) is 11.6. The molecule has 1 amide bonds. The molecule has 6 heterocycles. The highest BCUT2D eigenvalue weighted by Crippen LogP contribution is 2.32. The molecule has 0 radical (unpaired) electrons. The number of aromatic nitrogens is 7. The van der Waals surface area contributed by atoms with Crippen LogP contribution in [-0.2, 0) is 4.79 Å². The van der Waals surface area contributed by atoms with E-state index < -0.39 is 0 Å². The summed E-state index contributed by atoms with van der Waals surface area (Å²) in [5, 5.41) is 12.5. The molecule has 0 bridgehead atoms. The number of pyridine rings is 3. The molecule has 0 aromatic carbocycles. The van der Waals surface area contributed by atoms with Gasteiger partial charge >= 0.3 is 0 Å². The molecule has 0 unspecified atom stereocenters. The van der Waals surface area contributed by atoms with Crippen molar-refractivity contribution < 1.29 is 4.79 Å². The number of hydrogen-bond acceptors (Lipinski definition) is 7. The lowest BCUT2D eigenvalue weighted by Crippen LogP contribution is -2.19. The number of carbonyl (C=O) groups is 1. The maximum atomic E-state index is 12.4. The molecule has 0 fully saturated rings. The van der Waals surface area contributed by atoms with Crippen LogP contribution in [0.5, 0.6) is 0 Å². The maximum Gasteiger partial charge on any atom is 0.224 e. The summed E-state index contributed by atoms with van der Waals surface area (Å²) < 4.78 is 0. The normalized spacial score (nSPS) is 11.9. The predicted molar refractivity (Wildman–Crippen MR) is 146 cm³/mol. The summed E-state index contributed by atoms with van der Waals surface area (Å²) >= 11 is 1.62. The molecule has 6 rings (SSSR count). The smallest absolute Gasteiger partial charge is 0.224 e. The van der Waals surface area contributed by atoms with E-state index in [0.29, 0.717) is 34.8 Å². The van der Waals surface area contributed by atoms with Crippen LogP contribution < -0.4 is 5.32 Å². The molecule has 0 atom stereocenters. The van der Waals surface area contributed by atoms with Gasteiger partial charge < -0.3 is 10.3 Å². The van der Waals surface area contributed by atoms with Crippen LogP contribution in [0.1, 0.15) is 27.2 Å². The second-order valence-corrected chi connectivity index (χ2v) is 11.0. The highest BCUT2D eigenvalue weighted by molar-refractivity contribution is 7.13. The number of rotatable bonds is 5. The van der Waals surface area contributed by atoms with Crippen LogP contribution in [0.4, 0.5) is 5.69 Å². The Balaban J connectivity index is 1.36. The standard InChI is InChI=1S/C27H24N8OS/c1-27(2,3)12-21(36)30-16-11-15(13-28-14-16)17-6-7-19-23(31-17)25(35-34-19)26-32-18-8-9-29-24(22(18)33-26)20-5-4-10-37-20/h4-11,13-14H,12H2,1-3H3,(H,30,36)(H,32,33)(H,34,35). The summed E-state index contributed by atoms with van der Waals surface area (Å²) in [6.07, 6.45) is 5.56. The zero-order chi connectivity index (χ0) is 25.6. The summed E-state index contributed by atoms with van der Waals surface area (Å²) in [7, 11) is 0. The van der Waals surface area contributed by atoms with Crippen molar-refractivity contribution in [3.63, 3.8) is 0 Å². The van der Waals surface area contributed by atoms with E-state index >= 15 is 0 Å². The molecular weight excluding hydrogens is 484 g/mol. The lowest BCUT2D eigenvalue weighted by atomic mass is 9.92. The average Bonchev–Trinajstić information content (AvgIpc) is 3.61. The van der Waals surface area contributed by atoms with Gasteiger partial charge in [-0.15, -0.1) is 11.3 Å². The van der Waals surface area contributed by atoms with E-state index in [9.17, 15) is 4.79 Å². The maximum absolute atomic E-state index is 12.4. The molecule has 184 valence electrons. The molecule has 0 spiro atoms. The summed E-state index contributed by atoms with van der Waals surface area (Å²) in [6.45, 7) is 6.10. The van der Waals surface area contributed by atoms with Gasteiger partial charge in [-0.1, -0.05) is 26.8 Å². The van der Waals surface area contributed by atoms with Gasteiger partial charge in [-0.3, -0.25) is 19.9 Å². The lowest BCUT2D eigenvalue weighted by Gasteiger charge is -2.17. The Bertz CT molecular complexity index is 1740. The van der Waals surface area contributed by atoms with Gasteiger partial charge in [-0.25, -0.2) is 9.97 Å². The molecule has 0 saturated heterocycles. The van der Waals surface area contributed by atoms with Crippen LogP contribution in [-0.4, -0.2) is 41.0 Å². The van der Waals surface area contributed by atoms with Gasteiger partial charge in [0, 0.05) is 24.4 Å². The van der Waals surface area contributed by atoms with E-state index in [0.717, 1.165) is 32.7 Å². The number of nitrogens with zero attached hydrogens (tertiary/aromatic N) is 5. The van der Waals surface area contributed by atoms with Crippen LogP contribution in [0, 0.1) is 5.41 Å². The first-order chi connectivity index (χ1) is 17.8. The molecule has 10 heteroatoms. The summed E-state index contributed by atoms with van der Waals surface area (Å²) in [4.78, 5) is 35.4. The molecule has 0 aliphatic heterocycles. The average molecular weight is 509 g/mol. The number of H-pyrrole nitrogens is 2. The van der Waals surface area contributed by atoms with Crippen molar-refractivity contribution in [1.82, 2.24) is 35.1 Å². The first-order valence-electron chi connectivity index (χ1n) is 11.8. The Morgan fingerprint density at radius 3 is 2.70 bits per heavy atom. The monoisotopic (exact) mass is 508 g/mol. The van der Waals surface area contributed by atoms with Crippen molar-refractivity contribution in [2.75, 3.05) is 5.32 Å². The van der Waals surface area contributed by atoms with E-state index in [2.05, 4.69) is 30.5 Å². The molecule has 6 aromatic heterocycles. The van der Waals surface area contributed by atoms with Gasteiger partial charge in [0.2, 0.25) is 5.91 Å². The molecule has 9 nitrogen and oxygen atoms in total. The van der Waals surface area contributed by atoms with Crippen molar-refractivity contribution in [3.05, 3.63) is 60.4 Å². The van der Waals surface area contributed by atoms with Gasteiger partial charge in [0.1, 0.15) is 16.7 Å². The molecule has 0 aliphatic carbocycles. The molecule has 0 saturated carbocycles. The zero-order valence-electron chi connectivity index (χ0n) is 20.5. The number of aromatic amines is 2. The molecule has 0 aliphatic rings. The van der Waals surface area contributed by atoms with Crippen molar-refractivity contribution in [3.8, 4) is 33.3 Å². The van der Waals surface area contributed by atoms with Gasteiger partial charge in [-0.05, 0) is 41.1 Å². The topological polar surface area (TPSA) is 125 Å². The highest BCUT2D eigenvalue weighted by atomic mass is 32.1. The van der Waals surface area contributed by atoms with Crippen LogP contribution in [0.2, 0.25) is 0 Å². The number of thiophene rings is 1. The van der Waals surface area contributed by atoms with Crippen molar-refractivity contribution in [2.24, 2.45) is 5.41 Å². The number of hydrogen-bond donors (Lipinski definition) is 3. The van der Waals surface area contributed by atoms with Gasteiger partial charge in [0.15, 0.2) is 11.5 Å². The highest BCUT2D eigenvalue weighted by Gasteiger charge is 2.19. The predicted octanol–water partition coefficient (Wildman–Crippen LogP) is 6.06. The Hall–Kier alpha value is -4.44. The molecule has 3 N–H and O–H groups in total. The lowest BCUT2D eigenvalue weighted by molar-refractivity contribution is -0.117. The van der Waals surface area contributed by atoms with Gasteiger partial charge in [0.25, 0.3) is 0 Å². The Kier molecular flexibility index (Phi) is 5.53. The third-order valence-corrected chi connectivity index (χ3v) is 6.67. The number of anilines is 1. The van der Waals surface area contributed by atoms with Crippen LogP contribution >= 0.6 is 11.3 Å². The number of fused-ring (bicyclic) bond motifs is 2. The minimum atomic E-state index is -0.101. The third-order valence-electron chi connectivity index (χ3n) is 5.80. The Morgan fingerprint density at radius 2 is 1.89 bits per heavy atom. The van der Waals surface area contributed by atoms with Gasteiger partial charge in [-0.2, -0.15) is 5.10 Å². The van der Waals surface area contributed by atoms with Gasteiger partial charge in [0.05, 0.1) is 33.5 Å². The van der Waals surface area contributed by atoms with E-state index in [1.54, 1.807) is 29.9 Å². The number of nitrogens with one attached hydrogen (secondary N) is 3. The van der Waals surface area contributed by atoms with E-state index in [1.807, 2.05) is 62.5 Å². The third kappa shape index (κ3) is 4.58.